The first-order valence-electron chi connectivity index (χ1n) is 9.68. The first-order valence-corrected chi connectivity index (χ1v) is 11.1. The number of ether oxygens (including phenoxy) is 1. The molecule has 0 atom stereocenters. The first kappa shape index (κ1) is 23.0. The Labute approximate surface area is 186 Å². The normalized spacial score (nSPS) is 11.1. The Morgan fingerprint density at radius 2 is 1.47 bits per heavy atom. The fourth-order valence-electron chi connectivity index (χ4n) is 2.77. The third-order valence-electron chi connectivity index (χ3n) is 4.45. The van der Waals surface area contributed by atoms with Crippen LogP contribution in [0.5, 0.6) is 0 Å². The second-order valence-electron chi connectivity index (χ2n) is 6.97. The number of para-hydroxylation sites is 2. The van der Waals surface area contributed by atoms with Crippen molar-refractivity contribution < 1.29 is 22.7 Å². The van der Waals surface area contributed by atoms with E-state index in [4.69, 9.17) is 4.74 Å². The van der Waals surface area contributed by atoms with Gasteiger partial charge < -0.3 is 15.4 Å². The Morgan fingerprint density at radius 1 is 0.844 bits per heavy atom. The van der Waals surface area contributed by atoms with Gasteiger partial charge in [0.25, 0.3) is 5.91 Å². The van der Waals surface area contributed by atoms with E-state index in [1.165, 1.54) is 38.4 Å². The monoisotopic (exact) mass is 453 g/mol. The predicted molar refractivity (Wildman–Crippen MR) is 122 cm³/mol. The number of nitrogens with one attached hydrogen (secondary N) is 2. The molecule has 3 rings (SSSR count). The first-order chi connectivity index (χ1) is 15.3. The standard InChI is InChI=1S/C23H23N3O5S/c1-26(2)32(29,30)19-14-12-18(13-15-19)25-22(27)16-31-23(28)20-10-6-7-11-21(20)24-17-8-4-3-5-9-17/h3-15,24H,16H2,1-2H3,(H,25,27). The number of rotatable bonds is 8. The van der Waals surface area contributed by atoms with Gasteiger partial charge >= 0.3 is 5.97 Å². The van der Waals surface area contributed by atoms with E-state index in [-0.39, 0.29) is 4.90 Å². The van der Waals surface area contributed by atoms with Crippen molar-refractivity contribution in [2.24, 2.45) is 0 Å². The van der Waals surface area contributed by atoms with Gasteiger partial charge in [0.05, 0.1) is 16.1 Å². The molecule has 3 aromatic carbocycles. The van der Waals surface area contributed by atoms with E-state index in [1.807, 2.05) is 30.3 Å². The summed E-state index contributed by atoms with van der Waals surface area (Å²) in [5.41, 5.74) is 2.05. The molecule has 0 aliphatic carbocycles. The molecule has 32 heavy (non-hydrogen) atoms. The van der Waals surface area contributed by atoms with Gasteiger partial charge in [-0.2, -0.15) is 0 Å². The zero-order chi connectivity index (χ0) is 23.1. The van der Waals surface area contributed by atoms with Crippen molar-refractivity contribution in [2.45, 2.75) is 4.90 Å². The van der Waals surface area contributed by atoms with Crippen molar-refractivity contribution in [3.8, 4) is 0 Å². The molecule has 2 N–H and O–H groups in total. The zero-order valence-corrected chi connectivity index (χ0v) is 18.4. The molecule has 0 aliphatic heterocycles. The summed E-state index contributed by atoms with van der Waals surface area (Å²) in [7, 11) is -0.681. The topological polar surface area (TPSA) is 105 Å². The Bertz CT molecular complexity index is 1190. The van der Waals surface area contributed by atoms with Crippen molar-refractivity contribution in [3.63, 3.8) is 0 Å². The molecular formula is C23H23N3O5S. The maximum absolute atomic E-state index is 12.5. The summed E-state index contributed by atoms with van der Waals surface area (Å²) >= 11 is 0. The molecule has 0 unspecified atom stereocenters. The molecule has 0 aromatic heterocycles. The number of amides is 1. The quantitative estimate of drug-likeness (QED) is 0.506. The lowest BCUT2D eigenvalue weighted by atomic mass is 10.1. The molecule has 0 radical (unpaired) electrons. The Kier molecular flexibility index (Phi) is 7.24. The van der Waals surface area contributed by atoms with Crippen LogP contribution in [0.1, 0.15) is 10.4 Å². The van der Waals surface area contributed by atoms with E-state index in [0.29, 0.717) is 16.9 Å². The minimum Gasteiger partial charge on any atom is -0.452 e. The highest BCUT2D eigenvalue weighted by Crippen LogP contribution is 2.21. The van der Waals surface area contributed by atoms with Crippen LogP contribution >= 0.6 is 0 Å². The van der Waals surface area contributed by atoms with Gasteiger partial charge in [-0.05, 0) is 48.5 Å². The molecule has 0 spiro atoms. The minimum absolute atomic E-state index is 0.106. The summed E-state index contributed by atoms with van der Waals surface area (Å²) in [6, 6.07) is 21.9. The van der Waals surface area contributed by atoms with Gasteiger partial charge in [-0.25, -0.2) is 17.5 Å². The number of carbonyl (C=O) groups is 2. The lowest BCUT2D eigenvalue weighted by molar-refractivity contribution is -0.119. The van der Waals surface area contributed by atoms with E-state index in [2.05, 4.69) is 10.6 Å². The van der Waals surface area contributed by atoms with Gasteiger partial charge in [0, 0.05) is 25.5 Å². The smallest absolute Gasteiger partial charge is 0.340 e. The molecule has 0 saturated carbocycles. The summed E-state index contributed by atoms with van der Waals surface area (Å²) < 4.78 is 30.5. The highest BCUT2D eigenvalue weighted by atomic mass is 32.2. The fourth-order valence-corrected chi connectivity index (χ4v) is 3.68. The summed E-state index contributed by atoms with van der Waals surface area (Å²) in [5, 5.41) is 5.72. The lowest BCUT2D eigenvalue weighted by Gasteiger charge is -2.13. The van der Waals surface area contributed by atoms with Crippen LogP contribution in [0.4, 0.5) is 17.1 Å². The molecular weight excluding hydrogens is 430 g/mol. The van der Waals surface area contributed by atoms with E-state index >= 15 is 0 Å². The molecule has 0 bridgehead atoms. The van der Waals surface area contributed by atoms with Crippen LogP contribution in [0.3, 0.4) is 0 Å². The van der Waals surface area contributed by atoms with Crippen LogP contribution in [-0.4, -0.2) is 45.3 Å². The van der Waals surface area contributed by atoms with Crippen LogP contribution in [0, 0.1) is 0 Å². The van der Waals surface area contributed by atoms with Gasteiger partial charge in [0.2, 0.25) is 10.0 Å². The highest BCUT2D eigenvalue weighted by molar-refractivity contribution is 7.89. The van der Waals surface area contributed by atoms with Crippen molar-refractivity contribution in [1.29, 1.82) is 0 Å². The van der Waals surface area contributed by atoms with Crippen molar-refractivity contribution in [2.75, 3.05) is 31.3 Å². The Morgan fingerprint density at radius 3 is 2.12 bits per heavy atom. The fraction of sp³-hybridized carbons (Fsp3) is 0.130. The summed E-state index contributed by atoms with van der Waals surface area (Å²) in [6.07, 6.45) is 0. The molecule has 8 nitrogen and oxygen atoms in total. The maximum Gasteiger partial charge on any atom is 0.340 e. The predicted octanol–water partition coefficient (Wildman–Crippen LogP) is 3.48. The summed E-state index contributed by atoms with van der Waals surface area (Å²) in [6.45, 7) is -0.490. The number of carbonyl (C=O) groups excluding carboxylic acids is 2. The lowest BCUT2D eigenvalue weighted by Crippen LogP contribution is -2.23. The molecule has 0 aliphatic rings. The second-order valence-corrected chi connectivity index (χ2v) is 9.12. The Hall–Kier alpha value is -3.69. The van der Waals surface area contributed by atoms with Gasteiger partial charge in [-0.3, -0.25) is 4.79 Å². The van der Waals surface area contributed by atoms with Gasteiger partial charge in [-0.1, -0.05) is 30.3 Å². The molecule has 0 saturated heterocycles. The van der Waals surface area contributed by atoms with E-state index in [1.54, 1.807) is 24.3 Å². The number of nitrogens with zero attached hydrogens (tertiary/aromatic N) is 1. The second kappa shape index (κ2) is 10.1. The molecule has 9 heteroatoms. The van der Waals surface area contributed by atoms with Gasteiger partial charge in [0.15, 0.2) is 6.61 Å². The summed E-state index contributed by atoms with van der Waals surface area (Å²) in [5.74, 6) is -1.19. The molecule has 0 fully saturated rings. The average molecular weight is 454 g/mol. The van der Waals surface area contributed by atoms with Crippen LogP contribution in [-0.2, 0) is 19.6 Å². The van der Waals surface area contributed by atoms with E-state index in [9.17, 15) is 18.0 Å². The Balaban J connectivity index is 1.59. The third kappa shape index (κ3) is 5.71. The maximum atomic E-state index is 12.5. The number of benzene rings is 3. The number of sulfonamides is 1. The van der Waals surface area contributed by atoms with E-state index in [0.717, 1.165) is 9.99 Å². The molecule has 166 valence electrons. The molecule has 3 aromatic rings. The minimum atomic E-state index is -3.56. The highest BCUT2D eigenvalue weighted by Gasteiger charge is 2.17. The van der Waals surface area contributed by atoms with Crippen molar-refractivity contribution >= 4 is 39.0 Å². The van der Waals surface area contributed by atoms with Crippen LogP contribution in [0.2, 0.25) is 0 Å². The van der Waals surface area contributed by atoms with Crippen molar-refractivity contribution in [3.05, 3.63) is 84.4 Å². The largest absolute Gasteiger partial charge is 0.452 e. The average Bonchev–Trinajstić information content (AvgIpc) is 2.79. The number of esters is 1. The van der Waals surface area contributed by atoms with Gasteiger partial charge in [-0.15, -0.1) is 0 Å². The SMILES string of the molecule is CN(C)S(=O)(=O)c1ccc(NC(=O)COC(=O)c2ccccc2Nc2ccccc2)cc1. The molecule has 1 amide bonds. The summed E-state index contributed by atoms with van der Waals surface area (Å²) in [4.78, 5) is 24.8. The number of hydrogen-bond donors (Lipinski definition) is 2. The third-order valence-corrected chi connectivity index (χ3v) is 6.28. The zero-order valence-electron chi connectivity index (χ0n) is 17.6. The molecule has 0 heterocycles. The van der Waals surface area contributed by atoms with Crippen LogP contribution in [0.15, 0.2) is 83.8 Å². The van der Waals surface area contributed by atoms with Crippen molar-refractivity contribution in [1.82, 2.24) is 4.31 Å². The van der Waals surface area contributed by atoms with Crippen LogP contribution in [0.25, 0.3) is 0 Å². The number of hydrogen-bond acceptors (Lipinski definition) is 6. The van der Waals surface area contributed by atoms with Crippen LogP contribution < -0.4 is 10.6 Å². The van der Waals surface area contributed by atoms with E-state index < -0.39 is 28.5 Å². The number of anilines is 3. The van der Waals surface area contributed by atoms with Gasteiger partial charge in [0.1, 0.15) is 0 Å².